The van der Waals surface area contributed by atoms with Crippen molar-refractivity contribution in [3.8, 4) is 0 Å². The first-order valence-corrected chi connectivity index (χ1v) is 6.25. The average molecular weight is 295 g/mol. The van der Waals surface area contributed by atoms with Gasteiger partial charge < -0.3 is 10.2 Å². The van der Waals surface area contributed by atoms with E-state index < -0.39 is 17.9 Å². The monoisotopic (exact) mass is 294 g/mol. The lowest BCUT2D eigenvalue weighted by Crippen LogP contribution is -2.09. The normalized spacial score (nSPS) is 12.2. The summed E-state index contributed by atoms with van der Waals surface area (Å²) < 4.78 is 13.4. The van der Waals surface area contributed by atoms with Crippen LogP contribution in [0, 0.1) is 12.7 Å². The molecule has 0 saturated carbocycles. The molecule has 0 aliphatic heterocycles. The standard InChI is InChI=1S/C15H12ClFO3/c1-8-6-11(12(16)7-13(8)17)14(18)9-4-2-3-5-10(9)15(19)20/h2-7,14,18H,1H3,(H,19,20). The molecule has 0 radical (unpaired) electrons. The number of aliphatic hydroxyl groups is 1. The van der Waals surface area contributed by atoms with Crippen LogP contribution in [-0.2, 0) is 0 Å². The molecular formula is C15H12ClFO3. The Balaban J connectivity index is 2.55. The molecular weight excluding hydrogens is 283 g/mol. The van der Waals surface area contributed by atoms with Gasteiger partial charge in [-0.2, -0.15) is 0 Å². The Labute approximate surface area is 120 Å². The van der Waals surface area contributed by atoms with Crippen LogP contribution in [0.5, 0.6) is 0 Å². The molecule has 0 aliphatic carbocycles. The first-order chi connectivity index (χ1) is 9.41. The van der Waals surface area contributed by atoms with E-state index in [0.29, 0.717) is 5.56 Å². The van der Waals surface area contributed by atoms with Crippen LogP contribution >= 0.6 is 11.6 Å². The number of aliphatic hydroxyl groups excluding tert-OH is 1. The molecule has 2 N–H and O–H groups in total. The number of carboxylic acids is 1. The Hall–Kier alpha value is -1.91. The summed E-state index contributed by atoms with van der Waals surface area (Å²) in [5.74, 6) is -1.62. The van der Waals surface area contributed by atoms with Gasteiger partial charge in [0.05, 0.1) is 5.56 Å². The lowest BCUT2D eigenvalue weighted by molar-refractivity contribution is 0.0691. The van der Waals surface area contributed by atoms with Crippen molar-refractivity contribution in [3.05, 3.63) is 69.5 Å². The summed E-state index contributed by atoms with van der Waals surface area (Å²) in [7, 11) is 0. The Morgan fingerprint density at radius 2 is 1.90 bits per heavy atom. The van der Waals surface area contributed by atoms with E-state index in [1.54, 1.807) is 19.1 Å². The fraction of sp³-hybridized carbons (Fsp3) is 0.133. The molecule has 2 aromatic rings. The third kappa shape index (κ3) is 2.66. The third-order valence-electron chi connectivity index (χ3n) is 3.06. The number of halogens is 2. The summed E-state index contributed by atoms with van der Waals surface area (Å²) in [5.41, 5.74) is 0.807. The van der Waals surface area contributed by atoms with Crippen molar-refractivity contribution in [2.24, 2.45) is 0 Å². The van der Waals surface area contributed by atoms with Crippen LogP contribution in [0.15, 0.2) is 36.4 Å². The van der Waals surface area contributed by atoms with Crippen molar-refractivity contribution in [2.75, 3.05) is 0 Å². The average Bonchev–Trinajstić information content (AvgIpc) is 2.42. The SMILES string of the molecule is Cc1cc(C(O)c2ccccc2C(=O)O)c(Cl)cc1F. The minimum absolute atomic E-state index is 0.0157. The maximum absolute atomic E-state index is 13.4. The molecule has 2 rings (SSSR count). The summed E-state index contributed by atoms with van der Waals surface area (Å²) in [6.07, 6.45) is -1.23. The topological polar surface area (TPSA) is 57.5 Å². The van der Waals surface area contributed by atoms with Crippen LogP contribution in [0.1, 0.15) is 33.2 Å². The summed E-state index contributed by atoms with van der Waals surface area (Å²) in [6.45, 7) is 1.55. The highest BCUT2D eigenvalue weighted by molar-refractivity contribution is 6.31. The summed E-state index contributed by atoms with van der Waals surface area (Å²) >= 11 is 5.93. The molecule has 1 atom stereocenters. The number of rotatable bonds is 3. The molecule has 0 amide bonds. The second-order valence-corrected chi connectivity index (χ2v) is 4.83. The van der Waals surface area contributed by atoms with E-state index >= 15 is 0 Å². The van der Waals surface area contributed by atoms with Crippen molar-refractivity contribution in [3.63, 3.8) is 0 Å². The highest BCUT2D eigenvalue weighted by Crippen LogP contribution is 2.31. The summed E-state index contributed by atoms with van der Waals surface area (Å²) in [6, 6.07) is 8.61. The summed E-state index contributed by atoms with van der Waals surface area (Å²) in [4.78, 5) is 11.2. The van der Waals surface area contributed by atoms with Crippen LogP contribution in [0.4, 0.5) is 4.39 Å². The van der Waals surface area contributed by atoms with Crippen molar-refractivity contribution in [2.45, 2.75) is 13.0 Å². The Kier molecular flexibility index (Phi) is 4.06. The molecule has 0 spiro atoms. The molecule has 3 nitrogen and oxygen atoms in total. The minimum atomic E-state index is -1.23. The number of aryl methyl sites for hydroxylation is 1. The van der Waals surface area contributed by atoms with Crippen molar-refractivity contribution in [1.29, 1.82) is 0 Å². The smallest absolute Gasteiger partial charge is 0.336 e. The summed E-state index contributed by atoms with van der Waals surface area (Å²) in [5, 5.41) is 19.5. The van der Waals surface area contributed by atoms with Gasteiger partial charge in [0.15, 0.2) is 0 Å². The quantitative estimate of drug-likeness (QED) is 0.910. The molecule has 2 aromatic carbocycles. The molecule has 0 heterocycles. The van der Waals surface area contributed by atoms with Gasteiger partial charge in [0, 0.05) is 10.6 Å². The Morgan fingerprint density at radius 3 is 2.55 bits per heavy atom. The number of aromatic carboxylic acids is 1. The van der Waals surface area contributed by atoms with Crippen LogP contribution < -0.4 is 0 Å². The largest absolute Gasteiger partial charge is 0.478 e. The second kappa shape index (κ2) is 5.61. The van der Waals surface area contributed by atoms with E-state index in [2.05, 4.69) is 0 Å². The van der Waals surface area contributed by atoms with E-state index in [1.807, 2.05) is 0 Å². The zero-order valence-electron chi connectivity index (χ0n) is 10.6. The first kappa shape index (κ1) is 14.5. The molecule has 0 fully saturated rings. The minimum Gasteiger partial charge on any atom is -0.478 e. The lowest BCUT2D eigenvalue weighted by Gasteiger charge is -2.16. The van der Waals surface area contributed by atoms with E-state index in [9.17, 15) is 14.3 Å². The predicted octanol–water partition coefficient (Wildman–Crippen LogP) is 3.57. The third-order valence-corrected chi connectivity index (χ3v) is 3.39. The first-order valence-electron chi connectivity index (χ1n) is 5.87. The van der Waals surface area contributed by atoms with Crippen LogP contribution in [0.25, 0.3) is 0 Å². The molecule has 0 aliphatic rings. The molecule has 104 valence electrons. The fourth-order valence-corrected chi connectivity index (χ4v) is 2.24. The van der Waals surface area contributed by atoms with E-state index in [4.69, 9.17) is 16.7 Å². The van der Waals surface area contributed by atoms with Gasteiger partial charge in [-0.3, -0.25) is 0 Å². The van der Waals surface area contributed by atoms with E-state index in [-0.39, 0.29) is 21.7 Å². The number of carbonyl (C=O) groups is 1. The van der Waals surface area contributed by atoms with Crippen LogP contribution in [-0.4, -0.2) is 16.2 Å². The van der Waals surface area contributed by atoms with Gasteiger partial charge in [-0.05, 0) is 36.2 Å². The molecule has 0 aromatic heterocycles. The van der Waals surface area contributed by atoms with Crippen molar-refractivity contribution < 1.29 is 19.4 Å². The number of hydrogen-bond acceptors (Lipinski definition) is 2. The van der Waals surface area contributed by atoms with Crippen LogP contribution in [0.3, 0.4) is 0 Å². The zero-order valence-corrected chi connectivity index (χ0v) is 11.4. The number of carboxylic acid groups (broad SMARTS) is 1. The fourth-order valence-electron chi connectivity index (χ4n) is 1.99. The lowest BCUT2D eigenvalue weighted by atomic mass is 9.95. The van der Waals surface area contributed by atoms with Gasteiger partial charge in [-0.15, -0.1) is 0 Å². The maximum Gasteiger partial charge on any atom is 0.336 e. The molecule has 1 unspecified atom stereocenters. The van der Waals surface area contributed by atoms with Crippen molar-refractivity contribution >= 4 is 17.6 Å². The highest BCUT2D eigenvalue weighted by atomic mass is 35.5. The Bertz CT molecular complexity index is 670. The maximum atomic E-state index is 13.4. The van der Waals surface area contributed by atoms with Gasteiger partial charge in [-0.1, -0.05) is 29.8 Å². The van der Waals surface area contributed by atoms with Gasteiger partial charge in [-0.25, -0.2) is 9.18 Å². The highest BCUT2D eigenvalue weighted by Gasteiger charge is 2.21. The van der Waals surface area contributed by atoms with Gasteiger partial charge in [0.2, 0.25) is 0 Å². The number of benzene rings is 2. The van der Waals surface area contributed by atoms with Gasteiger partial charge in [0.25, 0.3) is 0 Å². The number of hydrogen-bond donors (Lipinski definition) is 2. The molecule has 0 bridgehead atoms. The van der Waals surface area contributed by atoms with E-state index in [1.165, 1.54) is 18.2 Å². The van der Waals surface area contributed by atoms with E-state index in [0.717, 1.165) is 6.07 Å². The van der Waals surface area contributed by atoms with Gasteiger partial charge in [0.1, 0.15) is 11.9 Å². The second-order valence-electron chi connectivity index (χ2n) is 4.42. The molecule has 0 saturated heterocycles. The van der Waals surface area contributed by atoms with Crippen molar-refractivity contribution in [1.82, 2.24) is 0 Å². The zero-order chi connectivity index (χ0) is 14.9. The molecule has 5 heteroatoms. The molecule has 20 heavy (non-hydrogen) atoms. The Morgan fingerprint density at radius 1 is 1.25 bits per heavy atom. The van der Waals surface area contributed by atoms with Crippen LogP contribution in [0.2, 0.25) is 5.02 Å². The predicted molar refractivity (Wildman–Crippen MR) is 73.6 cm³/mol. The van der Waals surface area contributed by atoms with Gasteiger partial charge >= 0.3 is 5.97 Å².